The summed E-state index contributed by atoms with van der Waals surface area (Å²) >= 11 is 0. The van der Waals surface area contributed by atoms with E-state index in [0.29, 0.717) is 23.1 Å². The molecule has 1 fully saturated rings. The molecule has 0 atom stereocenters. The standard InChI is InChI=1S/C25H29N3O4/c1-16-7-9-28(10-8-16)25(29)24-15-23(21-14-18(30-2)5-6-22(21)27-24)26-17-11-19(31-3)13-20(12-17)32-4/h5-6,11-16H,7-10H2,1-4H3,(H,26,27). The van der Waals surface area contributed by atoms with Gasteiger partial charge in [0.2, 0.25) is 0 Å². The Labute approximate surface area is 188 Å². The topological polar surface area (TPSA) is 72.9 Å². The van der Waals surface area contributed by atoms with Gasteiger partial charge in [0.05, 0.1) is 32.5 Å². The molecule has 2 heterocycles. The Morgan fingerprint density at radius 1 is 0.938 bits per heavy atom. The Bertz CT molecular complexity index is 1100. The van der Waals surface area contributed by atoms with Gasteiger partial charge in [0.15, 0.2) is 0 Å². The van der Waals surface area contributed by atoms with Crippen molar-refractivity contribution in [3.05, 3.63) is 48.2 Å². The summed E-state index contributed by atoms with van der Waals surface area (Å²) in [5.74, 6) is 2.66. The number of anilines is 2. The summed E-state index contributed by atoms with van der Waals surface area (Å²) < 4.78 is 16.2. The zero-order chi connectivity index (χ0) is 22.7. The molecule has 0 aliphatic carbocycles. The summed E-state index contributed by atoms with van der Waals surface area (Å²) in [4.78, 5) is 19.8. The van der Waals surface area contributed by atoms with E-state index in [1.807, 2.05) is 47.4 Å². The Kier molecular flexibility index (Phi) is 6.35. The van der Waals surface area contributed by atoms with Crippen molar-refractivity contribution in [3.8, 4) is 17.2 Å². The molecular formula is C25H29N3O4. The Balaban J connectivity index is 1.76. The van der Waals surface area contributed by atoms with Crippen LogP contribution in [0.15, 0.2) is 42.5 Å². The third-order valence-corrected chi connectivity index (χ3v) is 5.94. The average Bonchev–Trinajstić information content (AvgIpc) is 2.83. The zero-order valence-corrected chi connectivity index (χ0v) is 19.0. The average molecular weight is 436 g/mol. The highest BCUT2D eigenvalue weighted by atomic mass is 16.5. The Morgan fingerprint density at radius 3 is 2.22 bits per heavy atom. The molecule has 0 bridgehead atoms. The number of benzene rings is 2. The van der Waals surface area contributed by atoms with E-state index in [1.54, 1.807) is 21.3 Å². The molecule has 168 valence electrons. The van der Waals surface area contributed by atoms with Crippen LogP contribution in [0.25, 0.3) is 10.9 Å². The lowest BCUT2D eigenvalue weighted by molar-refractivity contribution is 0.0691. The molecule has 1 aliphatic heterocycles. The van der Waals surface area contributed by atoms with Crippen molar-refractivity contribution in [1.82, 2.24) is 9.88 Å². The van der Waals surface area contributed by atoms with E-state index in [1.165, 1.54) is 0 Å². The molecule has 0 spiro atoms. The maximum Gasteiger partial charge on any atom is 0.272 e. The lowest BCUT2D eigenvalue weighted by Crippen LogP contribution is -2.38. The maximum absolute atomic E-state index is 13.2. The van der Waals surface area contributed by atoms with E-state index in [4.69, 9.17) is 14.2 Å². The van der Waals surface area contributed by atoms with Gasteiger partial charge >= 0.3 is 0 Å². The Morgan fingerprint density at radius 2 is 1.59 bits per heavy atom. The highest BCUT2D eigenvalue weighted by molar-refractivity contribution is 6.01. The van der Waals surface area contributed by atoms with Gasteiger partial charge < -0.3 is 24.4 Å². The first-order valence-electron chi connectivity index (χ1n) is 10.8. The minimum absolute atomic E-state index is 0.0408. The van der Waals surface area contributed by atoms with Crippen LogP contribution >= 0.6 is 0 Å². The lowest BCUT2D eigenvalue weighted by Gasteiger charge is -2.30. The van der Waals surface area contributed by atoms with Crippen LogP contribution < -0.4 is 19.5 Å². The van der Waals surface area contributed by atoms with Crippen molar-refractivity contribution in [3.63, 3.8) is 0 Å². The molecule has 1 aliphatic rings. The van der Waals surface area contributed by atoms with Gasteiger partial charge in [-0.2, -0.15) is 0 Å². The van der Waals surface area contributed by atoms with Gasteiger partial charge in [-0.3, -0.25) is 4.79 Å². The predicted octanol–water partition coefficient (Wildman–Crippen LogP) is 4.88. The summed E-state index contributed by atoms with van der Waals surface area (Å²) in [6.45, 7) is 3.75. The molecule has 3 aromatic rings. The normalized spacial score (nSPS) is 14.3. The van der Waals surface area contributed by atoms with Crippen molar-refractivity contribution in [2.24, 2.45) is 5.92 Å². The minimum Gasteiger partial charge on any atom is -0.497 e. The fourth-order valence-corrected chi connectivity index (χ4v) is 3.95. The minimum atomic E-state index is -0.0408. The number of carbonyl (C=O) groups excluding carboxylic acids is 1. The molecule has 1 aromatic heterocycles. The molecule has 0 saturated carbocycles. The molecule has 0 radical (unpaired) electrons. The monoisotopic (exact) mass is 435 g/mol. The van der Waals surface area contributed by atoms with Gasteiger partial charge in [-0.05, 0) is 43.0 Å². The SMILES string of the molecule is COc1cc(Nc2cc(C(=O)N3CCC(C)CC3)nc3ccc(OC)cc23)cc(OC)c1. The van der Waals surface area contributed by atoms with Gasteiger partial charge in [-0.25, -0.2) is 4.98 Å². The number of ether oxygens (including phenoxy) is 3. The number of hydrogen-bond donors (Lipinski definition) is 1. The quantitative estimate of drug-likeness (QED) is 0.595. The molecule has 4 rings (SSSR count). The smallest absolute Gasteiger partial charge is 0.272 e. The van der Waals surface area contributed by atoms with Crippen molar-refractivity contribution in [1.29, 1.82) is 0 Å². The molecule has 0 unspecified atom stereocenters. The lowest BCUT2D eigenvalue weighted by atomic mass is 9.99. The number of fused-ring (bicyclic) bond motifs is 1. The number of aromatic nitrogens is 1. The molecule has 7 heteroatoms. The fourth-order valence-electron chi connectivity index (χ4n) is 3.95. The first-order chi connectivity index (χ1) is 15.5. The number of nitrogens with one attached hydrogen (secondary N) is 1. The van der Waals surface area contributed by atoms with Crippen LogP contribution in [0.3, 0.4) is 0 Å². The van der Waals surface area contributed by atoms with Crippen LogP contribution in [0.1, 0.15) is 30.3 Å². The maximum atomic E-state index is 13.2. The van der Waals surface area contributed by atoms with Crippen LogP contribution in [-0.2, 0) is 0 Å². The molecule has 1 N–H and O–H groups in total. The molecule has 7 nitrogen and oxygen atoms in total. The van der Waals surface area contributed by atoms with Crippen molar-refractivity contribution in [2.75, 3.05) is 39.7 Å². The first kappa shape index (κ1) is 21.7. The highest BCUT2D eigenvalue weighted by Gasteiger charge is 2.23. The van der Waals surface area contributed by atoms with Crippen molar-refractivity contribution >= 4 is 28.2 Å². The van der Waals surface area contributed by atoms with Crippen LogP contribution in [0.5, 0.6) is 17.2 Å². The van der Waals surface area contributed by atoms with Gasteiger partial charge in [0.1, 0.15) is 22.9 Å². The molecule has 1 amide bonds. The van der Waals surface area contributed by atoms with Gasteiger partial charge in [0, 0.05) is 42.4 Å². The Hall–Kier alpha value is -3.48. The second kappa shape index (κ2) is 9.34. The number of methoxy groups -OCH3 is 3. The first-order valence-corrected chi connectivity index (χ1v) is 10.8. The number of likely N-dealkylation sites (tertiary alicyclic amines) is 1. The second-order valence-electron chi connectivity index (χ2n) is 8.14. The summed E-state index contributed by atoms with van der Waals surface area (Å²) in [6.07, 6.45) is 2.04. The molecular weight excluding hydrogens is 406 g/mol. The van der Waals surface area contributed by atoms with E-state index in [-0.39, 0.29) is 5.91 Å². The van der Waals surface area contributed by atoms with E-state index in [0.717, 1.165) is 54.0 Å². The van der Waals surface area contributed by atoms with Crippen LogP contribution in [-0.4, -0.2) is 50.2 Å². The molecule has 32 heavy (non-hydrogen) atoms. The number of pyridine rings is 1. The van der Waals surface area contributed by atoms with Crippen LogP contribution in [0, 0.1) is 5.92 Å². The van der Waals surface area contributed by atoms with Crippen molar-refractivity contribution in [2.45, 2.75) is 19.8 Å². The van der Waals surface area contributed by atoms with Crippen LogP contribution in [0.2, 0.25) is 0 Å². The van der Waals surface area contributed by atoms with Gasteiger partial charge in [-0.15, -0.1) is 0 Å². The summed E-state index contributed by atoms with van der Waals surface area (Å²) in [7, 11) is 4.85. The summed E-state index contributed by atoms with van der Waals surface area (Å²) in [5, 5.41) is 4.28. The van der Waals surface area contributed by atoms with E-state index < -0.39 is 0 Å². The number of amides is 1. The zero-order valence-electron chi connectivity index (χ0n) is 19.0. The summed E-state index contributed by atoms with van der Waals surface area (Å²) in [6, 6.07) is 13.0. The fraction of sp³-hybridized carbons (Fsp3) is 0.360. The van der Waals surface area contributed by atoms with Gasteiger partial charge in [-0.1, -0.05) is 6.92 Å². The molecule has 2 aromatic carbocycles. The number of hydrogen-bond acceptors (Lipinski definition) is 6. The third kappa shape index (κ3) is 4.56. The van der Waals surface area contributed by atoms with E-state index in [2.05, 4.69) is 17.2 Å². The number of piperidine rings is 1. The largest absolute Gasteiger partial charge is 0.497 e. The van der Waals surface area contributed by atoms with Crippen molar-refractivity contribution < 1.29 is 19.0 Å². The third-order valence-electron chi connectivity index (χ3n) is 5.94. The van der Waals surface area contributed by atoms with Crippen LogP contribution in [0.4, 0.5) is 11.4 Å². The number of nitrogens with zero attached hydrogens (tertiary/aromatic N) is 2. The summed E-state index contributed by atoms with van der Waals surface area (Å²) in [5.41, 5.74) is 2.69. The van der Waals surface area contributed by atoms with E-state index >= 15 is 0 Å². The number of carbonyl (C=O) groups is 1. The number of rotatable bonds is 6. The second-order valence-corrected chi connectivity index (χ2v) is 8.14. The molecule has 1 saturated heterocycles. The highest BCUT2D eigenvalue weighted by Crippen LogP contribution is 2.33. The van der Waals surface area contributed by atoms with Gasteiger partial charge in [0.25, 0.3) is 5.91 Å². The van der Waals surface area contributed by atoms with E-state index in [9.17, 15) is 4.79 Å². The predicted molar refractivity (Wildman–Crippen MR) is 125 cm³/mol.